The quantitative estimate of drug-likeness (QED) is 0.722. The van der Waals surface area contributed by atoms with Crippen LogP contribution in [0.5, 0.6) is 0 Å². The van der Waals surface area contributed by atoms with Crippen LogP contribution in [0.25, 0.3) is 0 Å². The number of benzene rings is 2. The van der Waals surface area contributed by atoms with Crippen LogP contribution in [0.3, 0.4) is 0 Å². The lowest BCUT2D eigenvalue weighted by Gasteiger charge is -2.07. The Kier molecular flexibility index (Phi) is 6.88. The molecule has 1 amide bonds. The molecule has 0 unspecified atom stereocenters. The van der Waals surface area contributed by atoms with E-state index in [9.17, 15) is 13.6 Å². The van der Waals surface area contributed by atoms with Crippen molar-refractivity contribution in [3.8, 4) is 0 Å². The Morgan fingerprint density at radius 1 is 0.958 bits per heavy atom. The fourth-order valence-electron chi connectivity index (χ4n) is 2.26. The molecule has 0 spiro atoms. The zero-order chi connectivity index (χ0) is 17.4. The van der Waals surface area contributed by atoms with Gasteiger partial charge in [0.1, 0.15) is 0 Å². The second kappa shape index (κ2) is 9.13. The van der Waals surface area contributed by atoms with Gasteiger partial charge in [0.2, 0.25) is 0 Å². The first kappa shape index (κ1) is 18.1. The van der Waals surface area contributed by atoms with E-state index in [2.05, 4.69) is 17.6 Å². The van der Waals surface area contributed by atoms with Gasteiger partial charge < -0.3 is 10.6 Å². The smallest absolute Gasteiger partial charge is 0.251 e. The summed E-state index contributed by atoms with van der Waals surface area (Å²) in [6.07, 6.45) is 2.01. The number of nitrogens with one attached hydrogen (secondary N) is 2. The lowest BCUT2D eigenvalue weighted by Crippen LogP contribution is -2.24. The molecule has 0 aromatic heterocycles. The van der Waals surface area contributed by atoms with Gasteiger partial charge in [-0.05, 0) is 41.8 Å². The number of amides is 1. The maximum absolute atomic E-state index is 13.1. The fourth-order valence-corrected chi connectivity index (χ4v) is 2.26. The summed E-state index contributed by atoms with van der Waals surface area (Å²) in [6, 6.07) is 11.2. The highest BCUT2D eigenvalue weighted by Gasteiger charge is 2.05. The van der Waals surface area contributed by atoms with E-state index in [-0.39, 0.29) is 5.91 Å². The van der Waals surface area contributed by atoms with E-state index in [0.29, 0.717) is 30.8 Å². The van der Waals surface area contributed by atoms with E-state index in [1.807, 2.05) is 12.1 Å². The van der Waals surface area contributed by atoms with Crippen LogP contribution in [0.2, 0.25) is 0 Å². The number of hydrogen-bond donors (Lipinski definition) is 2. The van der Waals surface area contributed by atoms with E-state index < -0.39 is 11.6 Å². The Balaban J connectivity index is 1.81. The van der Waals surface area contributed by atoms with Crippen molar-refractivity contribution in [2.75, 3.05) is 6.54 Å². The Morgan fingerprint density at radius 3 is 2.29 bits per heavy atom. The van der Waals surface area contributed by atoms with E-state index in [0.717, 1.165) is 24.5 Å². The summed E-state index contributed by atoms with van der Waals surface area (Å²) in [7, 11) is 0. The predicted molar refractivity (Wildman–Crippen MR) is 90.6 cm³/mol. The Hall–Kier alpha value is -2.27. The van der Waals surface area contributed by atoms with Crippen molar-refractivity contribution >= 4 is 5.91 Å². The molecule has 0 heterocycles. The molecule has 0 fully saturated rings. The van der Waals surface area contributed by atoms with Crippen molar-refractivity contribution in [1.82, 2.24) is 10.6 Å². The summed E-state index contributed by atoms with van der Waals surface area (Å²) in [4.78, 5) is 11.9. The van der Waals surface area contributed by atoms with Crippen molar-refractivity contribution in [3.63, 3.8) is 0 Å². The molecular formula is C19H22F2N2O. The minimum absolute atomic E-state index is 0.0650. The third kappa shape index (κ3) is 5.42. The highest BCUT2D eigenvalue weighted by molar-refractivity contribution is 5.94. The van der Waals surface area contributed by atoms with Crippen LogP contribution in [0, 0.1) is 11.6 Å². The summed E-state index contributed by atoms with van der Waals surface area (Å²) < 4.78 is 26.0. The molecule has 0 bridgehead atoms. The molecule has 2 aromatic carbocycles. The largest absolute Gasteiger partial charge is 0.352 e. The molecule has 3 nitrogen and oxygen atoms in total. The van der Waals surface area contributed by atoms with Crippen LogP contribution in [-0.4, -0.2) is 12.5 Å². The molecule has 0 radical (unpaired) electrons. The van der Waals surface area contributed by atoms with Crippen LogP contribution in [-0.2, 0) is 13.1 Å². The van der Waals surface area contributed by atoms with Crippen molar-refractivity contribution < 1.29 is 13.6 Å². The average molecular weight is 332 g/mol. The molecule has 0 saturated heterocycles. The van der Waals surface area contributed by atoms with Gasteiger partial charge in [-0.3, -0.25) is 4.79 Å². The number of carbonyl (C=O) groups is 1. The molecule has 5 heteroatoms. The second-order valence-electron chi connectivity index (χ2n) is 5.66. The van der Waals surface area contributed by atoms with Crippen LogP contribution in [0.1, 0.15) is 41.3 Å². The summed E-state index contributed by atoms with van der Waals surface area (Å²) in [5.74, 6) is -1.75. The summed E-state index contributed by atoms with van der Waals surface area (Å²) >= 11 is 0. The molecule has 0 aliphatic heterocycles. The second-order valence-corrected chi connectivity index (χ2v) is 5.66. The summed E-state index contributed by atoms with van der Waals surface area (Å²) in [5, 5.41) is 6.04. The van der Waals surface area contributed by atoms with Crippen molar-refractivity contribution in [1.29, 1.82) is 0 Å². The zero-order valence-electron chi connectivity index (χ0n) is 13.7. The summed E-state index contributed by atoms with van der Waals surface area (Å²) in [5.41, 5.74) is 2.33. The Labute approximate surface area is 141 Å². The van der Waals surface area contributed by atoms with Crippen LogP contribution < -0.4 is 10.6 Å². The van der Waals surface area contributed by atoms with Gasteiger partial charge in [0, 0.05) is 25.2 Å². The van der Waals surface area contributed by atoms with Gasteiger partial charge >= 0.3 is 0 Å². The van der Waals surface area contributed by atoms with Gasteiger partial charge in [-0.2, -0.15) is 0 Å². The molecule has 0 aliphatic carbocycles. The van der Waals surface area contributed by atoms with E-state index in [1.165, 1.54) is 6.07 Å². The number of halogens is 2. The number of rotatable bonds is 8. The predicted octanol–water partition coefficient (Wildman–Crippen LogP) is 3.78. The Morgan fingerprint density at radius 2 is 1.62 bits per heavy atom. The van der Waals surface area contributed by atoms with Gasteiger partial charge in [-0.15, -0.1) is 0 Å². The minimum Gasteiger partial charge on any atom is -0.352 e. The molecule has 0 aliphatic rings. The summed E-state index contributed by atoms with van der Waals surface area (Å²) in [6.45, 7) is 3.79. The highest BCUT2D eigenvalue weighted by atomic mass is 19.2. The number of unbranched alkanes of at least 4 members (excludes halogenated alkanes) is 1. The fraction of sp³-hybridized carbons (Fsp3) is 0.316. The van der Waals surface area contributed by atoms with Gasteiger partial charge in [0.15, 0.2) is 11.6 Å². The monoisotopic (exact) mass is 332 g/mol. The maximum Gasteiger partial charge on any atom is 0.251 e. The third-order valence-corrected chi connectivity index (χ3v) is 3.67. The Bertz CT molecular complexity index is 672. The SMILES string of the molecule is CCCCNC(=O)c1ccc(CNCc2ccc(F)c(F)c2)cc1. The molecule has 2 N–H and O–H groups in total. The normalized spacial score (nSPS) is 10.6. The third-order valence-electron chi connectivity index (χ3n) is 3.67. The first-order chi connectivity index (χ1) is 11.6. The molecule has 0 atom stereocenters. The maximum atomic E-state index is 13.1. The van der Waals surface area contributed by atoms with Crippen molar-refractivity contribution in [2.24, 2.45) is 0 Å². The minimum atomic E-state index is -0.841. The highest BCUT2D eigenvalue weighted by Crippen LogP contribution is 2.09. The van der Waals surface area contributed by atoms with E-state index >= 15 is 0 Å². The van der Waals surface area contributed by atoms with E-state index in [4.69, 9.17) is 0 Å². The van der Waals surface area contributed by atoms with Gasteiger partial charge in [-0.25, -0.2) is 8.78 Å². The lowest BCUT2D eigenvalue weighted by atomic mass is 10.1. The van der Waals surface area contributed by atoms with E-state index in [1.54, 1.807) is 18.2 Å². The van der Waals surface area contributed by atoms with Crippen LogP contribution in [0.15, 0.2) is 42.5 Å². The molecule has 24 heavy (non-hydrogen) atoms. The van der Waals surface area contributed by atoms with Crippen molar-refractivity contribution in [2.45, 2.75) is 32.9 Å². The molecule has 128 valence electrons. The van der Waals surface area contributed by atoms with Gasteiger partial charge in [-0.1, -0.05) is 31.5 Å². The van der Waals surface area contributed by atoms with Crippen LogP contribution in [0.4, 0.5) is 8.78 Å². The van der Waals surface area contributed by atoms with Crippen LogP contribution >= 0.6 is 0 Å². The lowest BCUT2D eigenvalue weighted by molar-refractivity contribution is 0.0953. The number of hydrogen-bond acceptors (Lipinski definition) is 2. The first-order valence-electron chi connectivity index (χ1n) is 8.12. The molecule has 0 saturated carbocycles. The van der Waals surface area contributed by atoms with Gasteiger partial charge in [0.05, 0.1) is 0 Å². The zero-order valence-corrected chi connectivity index (χ0v) is 13.7. The molecular weight excluding hydrogens is 310 g/mol. The van der Waals surface area contributed by atoms with Gasteiger partial charge in [0.25, 0.3) is 5.91 Å². The average Bonchev–Trinajstić information content (AvgIpc) is 2.59. The number of carbonyl (C=O) groups excluding carboxylic acids is 1. The topological polar surface area (TPSA) is 41.1 Å². The van der Waals surface area contributed by atoms with Crippen molar-refractivity contribution in [3.05, 3.63) is 70.8 Å². The molecule has 2 aromatic rings. The molecule has 2 rings (SSSR count). The first-order valence-corrected chi connectivity index (χ1v) is 8.12. The standard InChI is InChI=1S/C19H22F2N2O/c1-2-3-10-23-19(24)16-7-4-14(5-8-16)12-22-13-15-6-9-17(20)18(21)11-15/h4-9,11,22H,2-3,10,12-13H2,1H3,(H,23,24).